The van der Waals surface area contributed by atoms with Gasteiger partial charge in [-0.25, -0.2) is 18.4 Å². The summed E-state index contributed by atoms with van der Waals surface area (Å²) >= 11 is 0. The van der Waals surface area contributed by atoms with Crippen molar-refractivity contribution in [1.29, 1.82) is 0 Å². The fourth-order valence-corrected chi connectivity index (χ4v) is 1.95. The van der Waals surface area contributed by atoms with Gasteiger partial charge in [0.05, 0.1) is 0 Å². The Balaban J connectivity index is 2.38. The molecule has 1 aromatic rings. The highest BCUT2D eigenvalue weighted by atomic mass is 32.2. The van der Waals surface area contributed by atoms with Gasteiger partial charge in [0, 0.05) is 18.6 Å². The average molecular weight is 241 g/mol. The molecule has 0 aromatic carbocycles. The summed E-state index contributed by atoms with van der Waals surface area (Å²) in [5.74, 6) is -0.146. The molecule has 0 bridgehead atoms. The Kier molecular flexibility index (Phi) is 2.23. The molecule has 1 heterocycles. The van der Waals surface area contributed by atoms with Gasteiger partial charge in [-0.1, -0.05) is 0 Å². The number of primary amides is 1. The van der Waals surface area contributed by atoms with Crippen LogP contribution in [0.15, 0.2) is 17.3 Å². The van der Waals surface area contributed by atoms with Crippen LogP contribution >= 0.6 is 0 Å². The molecule has 0 unspecified atom stereocenters. The van der Waals surface area contributed by atoms with Crippen molar-refractivity contribution in [1.82, 2.24) is 9.97 Å². The zero-order valence-corrected chi connectivity index (χ0v) is 9.49. The van der Waals surface area contributed by atoms with Crippen LogP contribution in [0.1, 0.15) is 18.7 Å². The van der Waals surface area contributed by atoms with Crippen molar-refractivity contribution in [3.63, 3.8) is 0 Å². The van der Waals surface area contributed by atoms with Crippen LogP contribution in [0.3, 0.4) is 0 Å². The van der Waals surface area contributed by atoms with E-state index in [2.05, 4.69) is 9.97 Å². The number of nitrogens with two attached hydrogens (primary N) is 1. The predicted molar refractivity (Wildman–Crippen MR) is 55.2 cm³/mol. The van der Waals surface area contributed by atoms with E-state index in [1.165, 1.54) is 12.4 Å². The normalized spacial score (nSPS) is 18.1. The highest BCUT2D eigenvalue weighted by molar-refractivity contribution is 7.90. The van der Waals surface area contributed by atoms with Gasteiger partial charge in [0.25, 0.3) is 0 Å². The Bertz CT molecular complexity index is 532. The maximum Gasteiger partial charge on any atom is 0.231 e. The summed E-state index contributed by atoms with van der Waals surface area (Å²) in [4.78, 5) is 19.0. The Morgan fingerprint density at radius 2 is 1.88 bits per heavy atom. The lowest BCUT2D eigenvalue weighted by molar-refractivity contribution is -0.120. The smallest absolute Gasteiger partial charge is 0.231 e. The maximum atomic E-state index is 11.2. The number of hydrogen-bond donors (Lipinski definition) is 1. The molecule has 0 saturated heterocycles. The van der Waals surface area contributed by atoms with E-state index in [0.29, 0.717) is 18.7 Å². The van der Waals surface area contributed by atoms with E-state index < -0.39 is 21.2 Å². The molecule has 16 heavy (non-hydrogen) atoms. The van der Waals surface area contributed by atoms with Crippen molar-refractivity contribution < 1.29 is 13.2 Å². The first-order valence-electron chi connectivity index (χ1n) is 4.69. The average Bonchev–Trinajstić information content (AvgIpc) is 2.97. The van der Waals surface area contributed by atoms with Crippen LogP contribution in [0.5, 0.6) is 0 Å². The van der Waals surface area contributed by atoms with Gasteiger partial charge in [-0.15, -0.1) is 0 Å². The van der Waals surface area contributed by atoms with Crippen molar-refractivity contribution >= 4 is 15.7 Å². The van der Waals surface area contributed by atoms with E-state index in [9.17, 15) is 13.2 Å². The predicted octanol–water partition coefficient (Wildman–Crippen LogP) is -0.603. The summed E-state index contributed by atoms with van der Waals surface area (Å²) < 4.78 is 22.3. The van der Waals surface area contributed by atoms with Crippen LogP contribution in [0.4, 0.5) is 0 Å². The van der Waals surface area contributed by atoms with Crippen LogP contribution in [0.25, 0.3) is 0 Å². The molecular formula is C9H11N3O3S. The summed E-state index contributed by atoms with van der Waals surface area (Å²) in [7, 11) is -3.31. The zero-order valence-electron chi connectivity index (χ0n) is 8.67. The highest BCUT2D eigenvalue weighted by Crippen LogP contribution is 2.46. The Morgan fingerprint density at radius 1 is 1.38 bits per heavy atom. The molecule has 0 radical (unpaired) electrons. The third-order valence-electron chi connectivity index (χ3n) is 2.71. The van der Waals surface area contributed by atoms with Gasteiger partial charge in [-0.3, -0.25) is 4.79 Å². The number of sulfone groups is 1. The first-order valence-corrected chi connectivity index (χ1v) is 6.58. The molecule has 0 atom stereocenters. The zero-order chi connectivity index (χ0) is 12.0. The standard InChI is InChI=1S/C9H11N3O3S/c1-16(14,15)6-4-11-8(12-5-6)9(2-3-9)7(10)13/h4-5H,2-3H2,1H3,(H2,10,13). The molecule has 1 amide bonds. The Labute approximate surface area is 92.8 Å². The van der Waals surface area contributed by atoms with Crippen LogP contribution in [-0.4, -0.2) is 30.5 Å². The number of nitrogens with zero attached hydrogens (tertiary/aromatic N) is 2. The lowest BCUT2D eigenvalue weighted by Gasteiger charge is -2.08. The molecule has 86 valence electrons. The molecule has 6 nitrogen and oxygen atoms in total. The van der Waals surface area contributed by atoms with Crippen molar-refractivity contribution in [3.8, 4) is 0 Å². The second kappa shape index (κ2) is 3.24. The number of aromatic nitrogens is 2. The second-order valence-electron chi connectivity index (χ2n) is 3.96. The Morgan fingerprint density at radius 3 is 2.19 bits per heavy atom. The summed E-state index contributed by atoms with van der Waals surface area (Å²) in [6, 6.07) is 0. The number of carbonyl (C=O) groups excluding carboxylic acids is 1. The van der Waals surface area contributed by atoms with E-state index in [1.54, 1.807) is 0 Å². The molecule has 1 fully saturated rings. The summed E-state index contributed by atoms with van der Waals surface area (Å²) in [5.41, 5.74) is 4.48. The lowest BCUT2D eigenvalue weighted by Crippen LogP contribution is -2.30. The second-order valence-corrected chi connectivity index (χ2v) is 5.98. The summed E-state index contributed by atoms with van der Waals surface area (Å²) in [6.45, 7) is 0. The molecule has 1 aliphatic rings. The van der Waals surface area contributed by atoms with Gasteiger partial charge >= 0.3 is 0 Å². The molecular weight excluding hydrogens is 230 g/mol. The maximum absolute atomic E-state index is 11.2. The van der Waals surface area contributed by atoms with Crippen LogP contribution in [0, 0.1) is 0 Å². The summed E-state index contributed by atoms with van der Waals surface area (Å²) in [6.07, 6.45) is 4.74. The first kappa shape index (κ1) is 11.0. The minimum absolute atomic E-state index is 0.0384. The van der Waals surface area contributed by atoms with E-state index in [-0.39, 0.29) is 4.90 Å². The fraction of sp³-hybridized carbons (Fsp3) is 0.444. The molecule has 0 aliphatic heterocycles. The van der Waals surface area contributed by atoms with E-state index in [0.717, 1.165) is 6.26 Å². The van der Waals surface area contributed by atoms with E-state index >= 15 is 0 Å². The van der Waals surface area contributed by atoms with Crippen molar-refractivity contribution in [3.05, 3.63) is 18.2 Å². The van der Waals surface area contributed by atoms with Gasteiger partial charge in [0.1, 0.15) is 16.1 Å². The van der Waals surface area contributed by atoms with E-state index in [1.807, 2.05) is 0 Å². The quantitative estimate of drug-likeness (QED) is 0.760. The van der Waals surface area contributed by atoms with Crippen LogP contribution in [0.2, 0.25) is 0 Å². The van der Waals surface area contributed by atoms with Crippen LogP contribution in [-0.2, 0) is 20.0 Å². The van der Waals surface area contributed by atoms with Gasteiger partial charge in [0.2, 0.25) is 5.91 Å². The van der Waals surface area contributed by atoms with Crippen LogP contribution < -0.4 is 5.73 Å². The number of rotatable bonds is 3. The van der Waals surface area contributed by atoms with Gasteiger partial charge in [-0.2, -0.15) is 0 Å². The molecule has 2 rings (SSSR count). The largest absolute Gasteiger partial charge is 0.369 e. The molecule has 1 aliphatic carbocycles. The highest BCUT2D eigenvalue weighted by Gasteiger charge is 2.52. The lowest BCUT2D eigenvalue weighted by atomic mass is 10.1. The molecule has 0 spiro atoms. The van der Waals surface area contributed by atoms with Gasteiger partial charge < -0.3 is 5.73 Å². The number of hydrogen-bond acceptors (Lipinski definition) is 5. The topological polar surface area (TPSA) is 103 Å². The molecule has 7 heteroatoms. The van der Waals surface area contributed by atoms with Crippen molar-refractivity contribution in [2.75, 3.05) is 6.26 Å². The third-order valence-corrected chi connectivity index (χ3v) is 3.77. The van der Waals surface area contributed by atoms with E-state index in [4.69, 9.17) is 5.73 Å². The molecule has 1 saturated carbocycles. The Hall–Kier alpha value is -1.50. The van der Waals surface area contributed by atoms with Crippen molar-refractivity contribution in [2.24, 2.45) is 5.73 Å². The summed E-state index contributed by atoms with van der Waals surface area (Å²) in [5, 5.41) is 0. The minimum Gasteiger partial charge on any atom is -0.369 e. The van der Waals surface area contributed by atoms with Gasteiger partial charge in [-0.05, 0) is 12.8 Å². The fourth-order valence-electron chi connectivity index (χ4n) is 1.46. The number of amides is 1. The van der Waals surface area contributed by atoms with Gasteiger partial charge in [0.15, 0.2) is 9.84 Å². The molecule has 2 N–H and O–H groups in total. The SMILES string of the molecule is CS(=O)(=O)c1cnc(C2(C(N)=O)CC2)nc1. The molecule has 1 aromatic heterocycles. The monoisotopic (exact) mass is 241 g/mol. The minimum atomic E-state index is -3.31. The third kappa shape index (κ3) is 1.67. The number of carbonyl (C=O) groups is 1. The van der Waals surface area contributed by atoms with Crippen molar-refractivity contribution in [2.45, 2.75) is 23.2 Å². The first-order chi connectivity index (χ1) is 7.36.